The molecule has 18 heavy (non-hydrogen) atoms. The number of rotatable bonds is 5. The molecule has 0 aromatic carbocycles. The fraction of sp³-hybridized carbons (Fsp3) is 0.733. The second-order valence-electron chi connectivity index (χ2n) is 5.21. The number of thioether (sulfide) groups is 1. The van der Waals surface area contributed by atoms with Crippen LogP contribution >= 0.6 is 23.1 Å². The maximum Gasteiger partial charge on any atom is 0.0388 e. The number of nitrogens with one attached hydrogen (secondary N) is 1. The molecule has 2 rings (SSSR count). The molecule has 102 valence electrons. The summed E-state index contributed by atoms with van der Waals surface area (Å²) in [5.41, 5.74) is 0. The standard InChI is InChI=1S/C15H25NS2/c1-4-12-9-10-14(18-12)11(2)16-13-7-5-6-8-15(13)17-3/h9-11,13,15-16H,4-8H2,1-3H3. The van der Waals surface area contributed by atoms with E-state index in [0.717, 1.165) is 11.7 Å². The molecule has 1 heterocycles. The second kappa shape index (κ2) is 6.97. The normalized spacial score (nSPS) is 26.2. The lowest BCUT2D eigenvalue weighted by atomic mass is 9.94. The molecule has 1 N–H and O–H groups in total. The highest BCUT2D eigenvalue weighted by molar-refractivity contribution is 7.99. The van der Waals surface area contributed by atoms with Gasteiger partial charge in [0.15, 0.2) is 0 Å². The topological polar surface area (TPSA) is 12.0 Å². The molecule has 3 atom stereocenters. The van der Waals surface area contributed by atoms with Gasteiger partial charge < -0.3 is 5.32 Å². The minimum atomic E-state index is 0.507. The first-order valence-electron chi connectivity index (χ1n) is 7.12. The van der Waals surface area contributed by atoms with Crippen LogP contribution in [0.5, 0.6) is 0 Å². The summed E-state index contributed by atoms with van der Waals surface area (Å²) in [5, 5.41) is 4.67. The van der Waals surface area contributed by atoms with Gasteiger partial charge in [-0.25, -0.2) is 0 Å². The quantitative estimate of drug-likeness (QED) is 0.845. The lowest BCUT2D eigenvalue weighted by molar-refractivity contribution is 0.358. The molecule has 1 aromatic rings. The summed E-state index contributed by atoms with van der Waals surface area (Å²) >= 11 is 4.01. The molecule has 0 radical (unpaired) electrons. The Balaban J connectivity index is 1.94. The van der Waals surface area contributed by atoms with Gasteiger partial charge in [0.25, 0.3) is 0 Å². The van der Waals surface area contributed by atoms with Crippen molar-refractivity contribution < 1.29 is 0 Å². The Bertz CT molecular complexity index is 361. The van der Waals surface area contributed by atoms with Crippen LogP contribution < -0.4 is 5.32 Å². The number of aryl methyl sites for hydroxylation is 1. The van der Waals surface area contributed by atoms with E-state index < -0.39 is 0 Å². The van der Waals surface area contributed by atoms with E-state index in [1.54, 1.807) is 0 Å². The monoisotopic (exact) mass is 283 g/mol. The van der Waals surface area contributed by atoms with Crippen molar-refractivity contribution in [1.82, 2.24) is 5.32 Å². The van der Waals surface area contributed by atoms with Crippen molar-refractivity contribution in [2.24, 2.45) is 0 Å². The van der Waals surface area contributed by atoms with Crippen LogP contribution in [-0.4, -0.2) is 17.5 Å². The van der Waals surface area contributed by atoms with Crippen LogP contribution in [0.2, 0.25) is 0 Å². The second-order valence-corrected chi connectivity index (χ2v) is 7.49. The van der Waals surface area contributed by atoms with Crippen LogP contribution in [0.1, 0.15) is 55.3 Å². The highest BCUT2D eigenvalue weighted by atomic mass is 32.2. The molecule has 0 amide bonds. The Morgan fingerprint density at radius 3 is 2.83 bits per heavy atom. The molecule has 0 spiro atoms. The predicted octanol–water partition coefficient (Wildman–Crippen LogP) is 4.64. The van der Waals surface area contributed by atoms with E-state index in [0.29, 0.717) is 12.1 Å². The first-order valence-corrected chi connectivity index (χ1v) is 9.22. The van der Waals surface area contributed by atoms with Gasteiger partial charge in [0.1, 0.15) is 0 Å². The highest BCUT2D eigenvalue weighted by Crippen LogP contribution is 2.30. The van der Waals surface area contributed by atoms with Crippen molar-refractivity contribution in [3.8, 4) is 0 Å². The van der Waals surface area contributed by atoms with Gasteiger partial charge in [-0.05, 0) is 44.6 Å². The van der Waals surface area contributed by atoms with E-state index in [2.05, 4.69) is 37.6 Å². The first-order chi connectivity index (χ1) is 8.74. The summed E-state index contributed by atoms with van der Waals surface area (Å²) in [6.45, 7) is 4.55. The molecule has 0 aliphatic heterocycles. The maximum atomic E-state index is 3.86. The molecule has 1 nitrogen and oxygen atoms in total. The summed E-state index contributed by atoms with van der Waals surface area (Å²) in [6.07, 6.45) is 8.96. The Morgan fingerprint density at radius 2 is 2.17 bits per heavy atom. The highest BCUT2D eigenvalue weighted by Gasteiger charge is 2.25. The molecule has 0 saturated heterocycles. The first kappa shape index (κ1) is 14.4. The predicted molar refractivity (Wildman–Crippen MR) is 84.8 cm³/mol. The minimum absolute atomic E-state index is 0.507. The van der Waals surface area contributed by atoms with Gasteiger partial charge in [-0.1, -0.05) is 19.8 Å². The zero-order valence-corrected chi connectivity index (χ0v) is 13.4. The number of hydrogen-bond donors (Lipinski definition) is 1. The molecule has 1 fully saturated rings. The molecule has 1 aromatic heterocycles. The molecule has 1 aliphatic rings. The van der Waals surface area contributed by atoms with Crippen molar-refractivity contribution in [3.63, 3.8) is 0 Å². The van der Waals surface area contributed by atoms with Gasteiger partial charge in [0.2, 0.25) is 0 Å². The number of thiophene rings is 1. The van der Waals surface area contributed by atoms with Crippen LogP contribution in [0.25, 0.3) is 0 Å². The summed E-state index contributed by atoms with van der Waals surface area (Å²) in [5.74, 6) is 0. The van der Waals surface area contributed by atoms with E-state index in [-0.39, 0.29) is 0 Å². The lowest BCUT2D eigenvalue weighted by Crippen LogP contribution is -2.41. The molecule has 1 saturated carbocycles. The number of hydrogen-bond acceptors (Lipinski definition) is 3. The van der Waals surface area contributed by atoms with Crippen LogP contribution in [0, 0.1) is 0 Å². The molecule has 0 bridgehead atoms. The van der Waals surface area contributed by atoms with E-state index >= 15 is 0 Å². The van der Waals surface area contributed by atoms with Crippen molar-refractivity contribution in [2.45, 2.75) is 63.3 Å². The Kier molecular flexibility index (Phi) is 5.58. The van der Waals surface area contributed by atoms with Crippen molar-refractivity contribution in [3.05, 3.63) is 21.9 Å². The van der Waals surface area contributed by atoms with Crippen molar-refractivity contribution in [1.29, 1.82) is 0 Å². The molecule has 1 aliphatic carbocycles. The smallest absolute Gasteiger partial charge is 0.0388 e. The zero-order valence-electron chi connectivity index (χ0n) is 11.7. The Hall–Kier alpha value is 0.01000. The summed E-state index contributed by atoms with van der Waals surface area (Å²) in [4.78, 5) is 3.00. The van der Waals surface area contributed by atoms with Crippen LogP contribution in [-0.2, 0) is 6.42 Å². The van der Waals surface area contributed by atoms with Gasteiger partial charge >= 0.3 is 0 Å². The van der Waals surface area contributed by atoms with E-state index in [1.165, 1.54) is 35.4 Å². The van der Waals surface area contributed by atoms with Gasteiger partial charge in [-0.15, -0.1) is 11.3 Å². The molecule has 3 unspecified atom stereocenters. The van der Waals surface area contributed by atoms with Crippen molar-refractivity contribution >= 4 is 23.1 Å². The fourth-order valence-corrected chi connectivity index (χ4v) is 4.70. The summed E-state index contributed by atoms with van der Waals surface area (Å²) in [7, 11) is 0. The minimum Gasteiger partial charge on any atom is -0.306 e. The average molecular weight is 284 g/mol. The van der Waals surface area contributed by atoms with E-state index in [1.807, 2.05) is 23.1 Å². The third-order valence-corrected chi connectivity index (χ3v) is 6.51. The third-order valence-electron chi connectivity index (χ3n) is 3.93. The zero-order chi connectivity index (χ0) is 13.0. The third kappa shape index (κ3) is 3.52. The Labute approximate surface area is 120 Å². The van der Waals surface area contributed by atoms with Gasteiger partial charge in [-0.3, -0.25) is 0 Å². The lowest BCUT2D eigenvalue weighted by Gasteiger charge is -2.33. The SMILES string of the molecule is CCc1ccc(C(C)NC2CCCCC2SC)s1. The molecule has 3 heteroatoms. The average Bonchev–Trinajstić information content (AvgIpc) is 2.88. The van der Waals surface area contributed by atoms with Crippen LogP contribution in [0.3, 0.4) is 0 Å². The van der Waals surface area contributed by atoms with E-state index in [4.69, 9.17) is 0 Å². The maximum absolute atomic E-state index is 3.86. The molecular formula is C15H25NS2. The van der Waals surface area contributed by atoms with Gasteiger partial charge in [0, 0.05) is 27.1 Å². The molecular weight excluding hydrogens is 258 g/mol. The van der Waals surface area contributed by atoms with Crippen LogP contribution in [0.4, 0.5) is 0 Å². The summed E-state index contributed by atoms with van der Waals surface area (Å²) < 4.78 is 0. The largest absolute Gasteiger partial charge is 0.306 e. The van der Waals surface area contributed by atoms with Crippen LogP contribution in [0.15, 0.2) is 12.1 Å². The van der Waals surface area contributed by atoms with Crippen molar-refractivity contribution in [2.75, 3.05) is 6.26 Å². The Morgan fingerprint density at radius 1 is 1.39 bits per heavy atom. The van der Waals surface area contributed by atoms with Gasteiger partial charge in [-0.2, -0.15) is 11.8 Å². The fourth-order valence-electron chi connectivity index (χ4n) is 2.79. The summed E-state index contributed by atoms with van der Waals surface area (Å²) in [6, 6.07) is 5.80. The van der Waals surface area contributed by atoms with E-state index in [9.17, 15) is 0 Å². The van der Waals surface area contributed by atoms with Gasteiger partial charge in [0.05, 0.1) is 0 Å².